The molecule has 0 radical (unpaired) electrons. The van der Waals surface area contributed by atoms with Crippen LogP contribution in [0.4, 0.5) is 10.5 Å². The van der Waals surface area contributed by atoms with Crippen LogP contribution >= 0.6 is 0 Å². The van der Waals surface area contributed by atoms with E-state index in [1.54, 1.807) is 13.0 Å². The standard InChI is InChI=1S/C25H32N4O3/c1-15(2)14-16(3)26-25(32)27-18(5)23(30)28-29-22-13-9-8-12-21(22)20-11-7-6-10-19(20)17(4)24(29)31/h6-13,15-18H,14H2,1-5H3,(H,28,30)(H2,26,27,32)/t16-,17+,18+/m1/s1. The van der Waals surface area contributed by atoms with Crippen molar-refractivity contribution >= 4 is 23.5 Å². The molecule has 0 bridgehead atoms. The van der Waals surface area contributed by atoms with Crippen molar-refractivity contribution in [2.24, 2.45) is 5.92 Å². The lowest BCUT2D eigenvalue weighted by atomic mass is 9.92. The lowest BCUT2D eigenvalue weighted by Gasteiger charge is -2.27. The van der Waals surface area contributed by atoms with Gasteiger partial charge in [-0.3, -0.25) is 15.0 Å². The normalized spacial score (nSPS) is 17.0. The highest BCUT2D eigenvalue weighted by molar-refractivity contribution is 6.06. The number of amides is 4. The van der Waals surface area contributed by atoms with Gasteiger partial charge in [-0.1, -0.05) is 56.3 Å². The summed E-state index contributed by atoms with van der Waals surface area (Å²) in [6.45, 7) is 9.52. The molecule has 3 rings (SSSR count). The lowest BCUT2D eigenvalue weighted by molar-refractivity contribution is -0.127. The molecular formula is C25H32N4O3. The summed E-state index contributed by atoms with van der Waals surface area (Å²) < 4.78 is 0. The predicted octanol–water partition coefficient (Wildman–Crippen LogP) is 3.96. The molecular weight excluding hydrogens is 404 g/mol. The van der Waals surface area contributed by atoms with E-state index >= 15 is 0 Å². The van der Waals surface area contributed by atoms with Gasteiger partial charge in [0.25, 0.3) is 11.8 Å². The highest BCUT2D eigenvalue weighted by Gasteiger charge is 2.33. The molecule has 3 atom stereocenters. The Morgan fingerprint density at radius 3 is 2.25 bits per heavy atom. The first kappa shape index (κ1) is 23.3. The molecule has 1 heterocycles. The number of urea groups is 1. The third kappa shape index (κ3) is 5.10. The molecule has 32 heavy (non-hydrogen) atoms. The van der Waals surface area contributed by atoms with E-state index in [4.69, 9.17) is 0 Å². The van der Waals surface area contributed by atoms with Crippen molar-refractivity contribution in [1.82, 2.24) is 16.1 Å². The summed E-state index contributed by atoms with van der Waals surface area (Å²) in [6.07, 6.45) is 0.839. The Hall–Kier alpha value is -3.35. The molecule has 0 unspecified atom stereocenters. The fourth-order valence-electron chi connectivity index (χ4n) is 4.08. The summed E-state index contributed by atoms with van der Waals surface area (Å²) in [5, 5.41) is 6.80. The number of carbonyl (C=O) groups is 3. The number of rotatable bonds is 6. The van der Waals surface area contributed by atoms with Crippen LogP contribution in [0.25, 0.3) is 11.1 Å². The van der Waals surface area contributed by atoms with Crippen LogP contribution in [0.1, 0.15) is 52.5 Å². The molecule has 7 heteroatoms. The number of nitrogens with one attached hydrogen (secondary N) is 3. The van der Waals surface area contributed by atoms with Crippen molar-refractivity contribution in [3.8, 4) is 11.1 Å². The minimum Gasteiger partial charge on any atom is -0.336 e. The Bertz CT molecular complexity index is 1000. The SMILES string of the molecule is CC(C)C[C@@H](C)NC(=O)N[C@@H](C)C(=O)NN1C(=O)[C@@H](C)c2ccccc2-c2ccccc21. The van der Waals surface area contributed by atoms with Gasteiger partial charge >= 0.3 is 6.03 Å². The number of anilines is 1. The summed E-state index contributed by atoms with van der Waals surface area (Å²) in [5.41, 5.74) is 6.06. The van der Waals surface area contributed by atoms with Crippen molar-refractivity contribution in [1.29, 1.82) is 0 Å². The average molecular weight is 437 g/mol. The van der Waals surface area contributed by atoms with Crippen molar-refractivity contribution in [2.45, 2.75) is 59.0 Å². The lowest BCUT2D eigenvalue weighted by Crippen LogP contribution is -2.56. The molecule has 1 aliphatic rings. The second-order valence-corrected chi connectivity index (χ2v) is 8.85. The van der Waals surface area contributed by atoms with E-state index in [1.165, 1.54) is 5.01 Å². The van der Waals surface area contributed by atoms with Gasteiger partial charge in [0.1, 0.15) is 6.04 Å². The first-order valence-electron chi connectivity index (χ1n) is 11.1. The van der Waals surface area contributed by atoms with E-state index in [-0.39, 0.29) is 11.9 Å². The Balaban J connectivity index is 1.77. The number of nitrogens with zero attached hydrogens (tertiary/aromatic N) is 1. The highest BCUT2D eigenvalue weighted by Crippen LogP contribution is 2.39. The maximum atomic E-state index is 13.3. The smallest absolute Gasteiger partial charge is 0.315 e. The van der Waals surface area contributed by atoms with Crippen LogP contribution in [-0.4, -0.2) is 29.9 Å². The first-order chi connectivity index (χ1) is 15.2. The van der Waals surface area contributed by atoms with Crippen molar-refractivity contribution in [3.05, 3.63) is 54.1 Å². The van der Waals surface area contributed by atoms with E-state index in [2.05, 4.69) is 29.9 Å². The number of hydrazine groups is 1. The molecule has 170 valence electrons. The summed E-state index contributed by atoms with van der Waals surface area (Å²) in [4.78, 5) is 38.5. The van der Waals surface area contributed by atoms with Crippen LogP contribution in [0, 0.1) is 5.92 Å². The Morgan fingerprint density at radius 1 is 0.938 bits per heavy atom. The molecule has 2 aromatic rings. The Labute approximate surface area is 189 Å². The summed E-state index contributed by atoms with van der Waals surface area (Å²) >= 11 is 0. The van der Waals surface area contributed by atoms with Gasteiger partial charge in [-0.2, -0.15) is 0 Å². The van der Waals surface area contributed by atoms with Gasteiger partial charge < -0.3 is 10.6 Å². The van der Waals surface area contributed by atoms with Gasteiger partial charge in [0.2, 0.25) is 0 Å². The van der Waals surface area contributed by atoms with Gasteiger partial charge in [-0.25, -0.2) is 9.80 Å². The molecule has 1 aliphatic heterocycles. The first-order valence-corrected chi connectivity index (χ1v) is 11.1. The average Bonchev–Trinajstić information content (AvgIpc) is 2.83. The highest BCUT2D eigenvalue weighted by atomic mass is 16.2. The van der Waals surface area contributed by atoms with E-state index in [0.29, 0.717) is 11.6 Å². The van der Waals surface area contributed by atoms with Gasteiger partial charge in [0, 0.05) is 11.6 Å². The Morgan fingerprint density at radius 2 is 1.56 bits per heavy atom. The van der Waals surface area contributed by atoms with Crippen LogP contribution in [-0.2, 0) is 9.59 Å². The zero-order valence-electron chi connectivity index (χ0n) is 19.3. The largest absolute Gasteiger partial charge is 0.336 e. The monoisotopic (exact) mass is 436 g/mol. The summed E-state index contributed by atoms with van der Waals surface area (Å²) in [5.74, 6) is -0.704. The topological polar surface area (TPSA) is 90.5 Å². The number of fused-ring (bicyclic) bond motifs is 3. The van der Waals surface area contributed by atoms with Gasteiger partial charge in [0.15, 0.2) is 0 Å². The Kier molecular flexibility index (Phi) is 7.18. The van der Waals surface area contributed by atoms with Crippen LogP contribution in [0.2, 0.25) is 0 Å². The van der Waals surface area contributed by atoms with Gasteiger partial charge in [0.05, 0.1) is 11.6 Å². The van der Waals surface area contributed by atoms with E-state index in [9.17, 15) is 14.4 Å². The van der Waals surface area contributed by atoms with Crippen LogP contribution in [0.15, 0.2) is 48.5 Å². The number of para-hydroxylation sites is 1. The molecule has 0 saturated heterocycles. The maximum absolute atomic E-state index is 13.3. The van der Waals surface area contributed by atoms with E-state index in [1.807, 2.05) is 56.3 Å². The molecule has 0 aliphatic carbocycles. The quantitative estimate of drug-likeness (QED) is 0.640. The predicted molar refractivity (Wildman–Crippen MR) is 126 cm³/mol. The second-order valence-electron chi connectivity index (χ2n) is 8.85. The molecule has 0 spiro atoms. The van der Waals surface area contributed by atoms with Crippen molar-refractivity contribution in [3.63, 3.8) is 0 Å². The van der Waals surface area contributed by atoms with Crippen LogP contribution < -0.4 is 21.1 Å². The number of benzene rings is 2. The van der Waals surface area contributed by atoms with Crippen LogP contribution in [0.3, 0.4) is 0 Å². The van der Waals surface area contributed by atoms with Crippen molar-refractivity contribution in [2.75, 3.05) is 5.01 Å². The second kappa shape index (κ2) is 9.85. The summed E-state index contributed by atoms with van der Waals surface area (Å²) in [6, 6.07) is 14.0. The fourth-order valence-corrected chi connectivity index (χ4v) is 4.08. The molecule has 0 fully saturated rings. The van der Waals surface area contributed by atoms with Gasteiger partial charge in [-0.05, 0) is 50.3 Å². The summed E-state index contributed by atoms with van der Waals surface area (Å²) in [7, 11) is 0. The molecule has 0 aromatic heterocycles. The van der Waals surface area contributed by atoms with E-state index < -0.39 is 23.9 Å². The number of hydrogen-bond donors (Lipinski definition) is 3. The fraction of sp³-hybridized carbons (Fsp3) is 0.400. The maximum Gasteiger partial charge on any atom is 0.315 e. The molecule has 0 saturated carbocycles. The molecule has 2 aromatic carbocycles. The number of carbonyl (C=O) groups excluding carboxylic acids is 3. The minimum atomic E-state index is -0.831. The molecule has 7 nitrogen and oxygen atoms in total. The molecule has 4 amide bonds. The zero-order chi connectivity index (χ0) is 23.4. The van der Waals surface area contributed by atoms with Crippen LogP contribution in [0.5, 0.6) is 0 Å². The van der Waals surface area contributed by atoms with E-state index in [0.717, 1.165) is 23.1 Å². The van der Waals surface area contributed by atoms with Gasteiger partial charge in [-0.15, -0.1) is 0 Å². The number of hydrogen-bond acceptors (Lipinski definition) is 3. The van der Waals surface area contributed by atoms with Crippen molar-refractivity contribution < 1.29 is 14.4 Å². The minimum absolute atomic E-state index is 0.0105. The third-order valence-electron chi connectivity index (χ3n) is 5.62. The zero-order valence-corrected chi connectivity index (χ0v) is 19.3. The third-order valence-corrected chi connectivity index (χ3v) is 5.62. The molecule has 3 N–H and O–H groups in total.